The molecule has 1 aromatic carbocycles. The predicted molar refractivity (Wildman–Crippen MR) is 85.0 cm³/mol. The lowest BCUT2D eigenvalue weighted by Crippen LogP contribution is -1.95. The van der Waals surface area contributed by atoms with E-state index in [0.717, 1.165) is 27.0 Å². The van der Waals surface area contributed by atoms with Crippen LogP contribution >= 0.6 is 23.5 Å². The number of hydrogen-bond donors (Lipinski definition) is 2. The first-order valence-corrected chi connectivity index (χ1v) is 8.12. The van der Waals surface area contributed by atoms with Crippen LogP contribution in [0, 0.1) is 0 Å². The van der Waals surface area contributed by atoms with Crippen molar-refractivity contribution in [2.75, 3.05) is 19.1 Å². The molecule has 6 nitrogen and oxygen atoms in total. The van der Waals surface area contributed by atoms with E-state index in [2.05, 4.69) is 19.9 Å². The zero-order chi connectivity index (χ0) is 14.8. The van der Waals surface area contributed by atoms with E-state index in [0.29, 0.717) is 11.0 Å². The second-order valence-corrected chi connectivity index (χ2v) is 5.93. The van der Waals surface area contributed by atoms with E-state index in [1.165, 1.54) is 23.5 Å². The standard InChI is InChI=1S/C13H13N5OS2/c1-19-7-3-4-8-9(5-7)16-13(15-8)21-11-6-10(14)17-12(18-11)20-2/h3-6H,1-2H3,(H,15,16)(H2,14,17,18). The molecule has 21 heavy (non-hydrogen) atoms. The molecule has 0 bridgehead atoms. The number of hydrogen-bond acceptors (Lipinski definition) is 7. The summed E-state index contributed by atoms with van der Waals surface area (Å²) < 4.78 is 5.20. The van der Waals surface area contributed by atoms with Gasteiger partial charge in [-0.3, -0.25) is 0 Å². The van der Waals surface area contributed by atoms with Gasteiger partial charge < -0.3 is 15.5 Å². The normalized spacial score (nSPS) is 11.0. The summed E-state index contributed by atoms with van der Waals surface area (Å²) in [5, 5.41) is 2.16. The third-order valence-corrected chi connectivity index (χ3v) is 4.11. The first-order chi connectivity index (χ1) is 10.2. The van der Waals surface area contributed by atoms with E-state index in [9.17, 15) is 0 Å². The van der Waals surface area contributed by atoms with Crippen molar-refractivity contribution in [3.8, 4) is 5.75 Å². The SMILES string of the molecule is COc1ccc2nc(Sc3cc(N)nc(SC)n3)[nH]c2c1. The Morgan fingerprint density at radius 2 is 2.05 bits per heavy atom. The summed E-state index contributed by atoms with van der Waals surface area (Å²) in [5.74, 6) is 1.24. The van der Waals surface area contributed by atoms with E-state index in [-0.39, 0.29) is 0 Å². The number of fused-ring (bicyclic) bond motifs is 1. The molecule has 3 N–H and O–H groups in total. The van der Waals surface area contributed by atoms with E-state index in [4.69, 9.17) is 10.5 Å². The number of thioether (sulfide) groups is 1. The molecule has 2 aromatic heterocycles. The van der Waals surface area contributed by atoms with Crippen LogP contribution < -0.4 is 10.5 Å². The maximum Gasteiger partial charge on any atom is 0.190 e. The Labute approximate surface area is 129 Å². The molecular formula is C13H13N5OS2. The quantitative estimate of drug-likeness (QED) is 0.434. The summed E-state index contributed by atoms with van der Waals surface area (Å²) in [6.07, 6.45) is 1.91. The maximum atomic E-state index is 5.78. The minimum absolute atomic E-state index is 0.453. The van der Waals surface area contributed by atoms with Crippen LogP contribution in [0.1, 0.15) is 0 Å². The second-order valence-electron chi connectivity index (χ2n) is 4.14. The molecule has 0 radical (unpaired) electrons. The van der Waals surface area contributed by atoms with Gasteiger partial charge in [-0.2, -0.15) is 0 Å². The lowest BCUT2D eigenvalue weighted by Gasteiger charge is -2.01. The van der Waals surface area contributed by atoms with Gasteiger partial charge in [0.2, 0.25) is 0 Å². The molecule has 3 aromatic rings. The number of imidazole rings is 1. The fourth-order valence-corrected chi connectivity index (χ4v) is 3.06. The Bertz CT molecular complexity index is 789. The number of aromatic nitrogens is 4. The molecule has 0 amide bonds. The summed E-state index contributed by atoms with van der Waals surface area (Å²) in [5.41, 5.74) is 7.58. The van der Waals surface area contributed by atoms with Gasteiger partial charge in [0.25, 0.3) is 0 Å². The number of aromatic amines is 1. The molecule has 2 heterocycles. The molecule has 0 unspecified atom stereocenters. The molecule has 8 heteroatoms. The van der Waals surface area contributed by atoms with Crippen LogP contribution in [-0.2, 0) is 0 Å². The number of rotatable bonds is 4. The van der Waals surface area contributed by atoms with Crippen LogP contribution in [0.3, 0.4) is 0 Å². The number of H-pyrrole nitrogens is 1. The predicted octanol–water partition coefficient (Wildman–Crippen LogP) is 2.82. The lowest BCUT2D eigenvalue weighted by molar-refractivity contribution is 0.415. The van der Waals surface area contributed by atoms with E-state index < -0.39 is 0 Å². The average molecular weight is 319 g/mol. The van der Waals surface area contributed by atoms with Gasteiger partial charge in [-0.15, -0.1) is 0 Å². The fourth-order valence-electron chi connectivity index (χ4n) is 1.80. The van der Waals surface area contributed by atoms with Gasteiger partial charge in [0.05, 0.1) is 18.1 Å². The summed E-state index contributed by atoms with van der Waals surface area (Å²) in [6, 6.07) is 7.44. The topological polar surface area (TPSA) is 89.7 Å². The van der Waals surface area contributed by atoms with Crippen LogP contribution in [0.5, 0.6) is 5.75 Å². The molecule has 0 atom stereocenters. The lowest BCUT2D eigenvalue weighted by atomic mass is 10.3. The second kappa shape index (κ2) is 5.82. The smallest absolute Gasteiger partial charge is 0.190 e. The highest BCUT2D eigenvalue weighted by atomic mass is 32.2. The van der Waals surface area contributed by atoms with E-state index in [1.54, 1.807) is 13.2 Å². The van der Waals surface area contributed by atoms with Gasteiger partial charge in [-0.05, 0) is 30.2 Å². The molecule has 3 rings (SSSR count). The van der Waals surface area contributed by atoms with Crippen LogP contribution in [0.4, 0.5) is 5.82 Å². The molecule has 108 valence electrons. The van der Waals surface area contributed by atoms with E-state index >= 15 is 0 Å². The van der Waals surface area contributed by atoms with Crippen LogP contribution in [0.2, 0.25) is 0 Å². The molecule has 0 spiro atoms. The van der Waals surface area contributed by atoms with Crippen molar-refractivity contribution in [2.24, 2.45) is 0 Å². The molecule has 0 aliphatic carbocycles. The molecule has 0 saturated carbocycles. The third kappa shape index (κ3) is 3.06. The van der Waals surface area contributed by atoms with Gasteiger partial charge in [0, 0.05) is 12.1 Å². The molecular weight excluding hydrogens is 306 g/mol. The van der Waals surface area contributed by atoms with Crippen molar-refractivity contribution in [2.45, 2.75) is 15.3 Å². The summed E-state index contributed by atoms with van der Waals surface area (Å²) in [6.45, 7) is 0. The zero-order valence-corrected chi connectivity index (χ0v) is 13.1. The molecule has 0 fully saturated rings. The fraction of sp³-hybridized carbons (Fsp3) is 0.154. The minimum atomic E-state index is 0.453. The average Bonchev–Trinajstić information content (AvgIpc) is 2.87. The van der Waals surface area contributed by atoms with Crippen molar-refractivity contribution in [1.82, 2.24) is 19.9 Å². The number of nitrogen functional groups attached to an aromatic ring is 1. The monoisotopic (exact) mass is 319 g/mol. The maximum absolute atomic E-state index is 5.78. The number of benzene rings is 1. The summed E-state index contributed by atoms with van der Waals surface area (Å²) in [4.78, 5) is 16.3. The summed E-state index contributed by atoms with van der Waals surface area (Å²) >= 11 is 2.87. The number of anilines is 1. The van der Waals surface area contributed by atoms with Crippen LogP contribution in [0.15, 0.2) is 39.6 Å². The van der Waals surface area contributed by atoms with Gasteiger partial charge in [0.1, 0.15) is 16.6 Å². The largest absolute Gasteiger partial charge is 0.497 e. The third-order valence-electron chi connectivity index (χ3n) is 2.75. The Morgan fingerprint density at radius 3 is 2.81 bits per heavy atom. The van der Waals surface area contributed by atoms with Gasteiger partial charge in [-0.1, -0.05) is 11.8 Å². The van der Waals surface area contributed by atoms with Crippen molar-refractivity contribution >= 4 is 40.4 Å². The summed E-state index contributed by atoms with van der Waals surface area (Å²) in [7, 11) is 1.64. The molecule has 0 saturated heterocycles. The number of nitrogens with zero attached hydrogens (tertiary/aromatic N) is 3. The Balaban J connectivity index is 1.92. The van der Waals surface area contributed by atoms with E-state index in [1.807, 2.05) is 24.5 Å². The highest BCUT2D eigenvalue weighted by molar-refractivity contribution is 7.99. The van der Waals surface area contributed by atoms with Gasteiger partial charge in [0.15, 0.2) is 10.3 Å². The highest BCUT2D eigenvalue weighted by Gasteiger charge is 2.09. The highest BCUT2D eigenvalue weighted by Crippen LogP contribution is 2.29. The number of ether oxygens (including phenoxy) is 1. The Kier molecular flexibility index (Phi) is 3.89. The van der Waals surface area contributed by atoms with Gasteiger partial charge in [-0.25, -0.2) is 15.0 Å². The Morgan fingerprint density at radius 1 is 1.19 bits per heavy atom. The van der Waals surface area contributed by atoms with Crippen molar-refractivity contribution in [3.05, 3.63) is 24.3 Å². The Hall–Kier alpha value is -1.93. The molecule has 0 aliphatic rings. The minimum Gasteiger partial charge on any atom is -0.497 e. The first-order valence-electron chi connectivity index (χ1n) is 6.08. The van der Waals surface area contributed by atoms with Crippen LogP contribution in [-0.4, -0.2) is 33.3 Å². The van der Waals surface area contributed by atoms with Gasteiger partial charge >= 0.3 is 0 Å². The van der Waals surface area contributed by atoms with Crippen molar-refractivity contribution < 1.29 is 4.74 Å². The first kappa shape index (κ1) is 14.0. The molecule has 0 aliphatic heterocycles. The van der Waals surface area contributed by atoms with Crippen molar-refractivity contribution in [1.29, 1.82) is 0 Å². The number of nitrogens with two attached hydrogens (primary N) is 1. The van der Waals surface area contributed by atoms with Crippen LogP contribution in [0.25, 0.3) is 11.0 Å². The number of methoxy groups -OCH3 is 1. The van der Waals surface area contributed by atoms with Crippen molar-refractivity contribution in [3.63, 3.8) is 0 Å². The number of nitrogens with one attached hydrogen (secondary N) is 1. The zero-order valence-electron chi connectivity index (χ0n) is 11.5.